The van der Waals surface area contributed by atoms with Gasteiger partial charge < -0.3 is 0 Å². The molecule has 0 aromatic heterocycles. The van der Waals surface area contributed by atoms with Crippen LogP contribution >= 0.6 is 35.7 Å². The van der Waals surface area contributed by atoms with E-state index in [-0.39, 0.29) is 22.6 Å². The van der Waals surface area contributed by atoms with Gasteiger partial charge in [0.05, 0.1) is 0 Å². The van der Waals surface area contributed by atoms with Crippen molar-refractivity contribution < 1.29 is 17.2 Å². The second-order valence-electron chi connectivity index (χ2n) is 12.0. The van der Waals surface area contributed by atoms with Crippen LogP contribution in [0, 0.1) is 7.14 Å². The molecule has 2 saturated heterocycles. The van der Waals surface area contributed by atoms with Crippen LogP contribution in [0.15, 0.2) is 109 Å². The molecular formula is C40H30I3-. The molecule has 1 spiro atoms. The van der Waals surface area contributed by atoms with Gasteiger partial charge in [0.25, 0.3) is 0 Å². The fraction of sp³-hybridized carbons (Fsp3) is 0.150. The Labute approximate surface area is 274 Å². The van der Waals surface area contributed by atoms with Gasteiger partial charge in [0, 0.05) is 0 Å². The summed E-state index contributed by atoms with van der Waals surface area (Å²) >= 11 is -1.50. The molecule has 4 aliphatic rings. The van der Waals surface area contributed by atoms with Gasteiger partial charge in [-0.15, -0.1) is 0 Å². The number of halogens is 3. The number of rotatable bonds is 3. The molecule has 10 rings (SSSR count). The SMILES string of the molecule is C1=Cc2ccc(I3CCC3)cc2C2(c3cc([I-]I4CC4)ccc31)c1ccccc1-c1c2c2ccccc2c2ccccc12. The van der Waals surface area contributed by atoms with Crippen LogP contribution in [0.4, 0.5) is 0 Å². The molecule has 6 aromatic rings. The first-order valence-electron chi connectivity index (χ1n) is 15.2. The van der Waals surface area contributed by atoms with E-state index in [4.69, 9.17) is 0 Å². The van der Waals surface area contributed by atoms with Crippen molar-refractivity contribution in [3.05, 3.63) is 150 Å². The van der Waals surface area contributed by atoms with Crippen LogP contribution in [0.2, 0.25) is 0 Å². The number of hydrogen-bond acceptors (Lipinski definition) is 0. The fourth-order valence-corrected chi connectivity index (χ4v) is 30.8. The first kappa shape index (κ1) is 26.0. The number of benzene rings is 6. The standard InChI is InChI=1S/C40H30I3/c1-3-10-32-30(8-1)31-9-2-4-11-33(31)39-38(32)34-12-5-6-13-35(34)40(39)36-24-28(41-43-22-23-43)18-16-26(36)14-15-27-17-19-29(25-37(27)40)42-20-7-21-42/h1-6,8-19,24-25H,7,20-23H2/q-1. The van der Waals surface area contributed by atoms with Crippen LogP contribution in [0.3, 0.4) is 0 Å². The summed E-state index contributed by atoms with van der Waals surface area (Å²) in [6.45, 7) is 0. The van der Waals surface area contributed by atoms with Crippen LogP contribution in [-0.4, -0.2) is 17.7 Å². The van der Waals surface area contributed by atoms with Crippen molar-refractivity contribution in [1.29, 1.82) is 0 Å². The van der Waals surface area contributed by atoms with Crippen molar-refractivity contribution in [2.24, 2.45) is 0 Å². The normalized spacial score (nSPS) is 20.9. The molecule has 212 valence electrons. The Morgan fingerprint density at radius 1 is 0.558 bits per heavy atom. The molecule has 3 heteroatoms. The van der Waals surface area contributed by atoms with Gasteiger partial charge in [0.1, 0.15) is 0 Å². The van der Waals surface area contributed by atoms with E-state index in [1.54, 1.807) is 16.0 Å². The zero-order valence-corrected chi connectivity index (χ0v) is 30.2. The first-order chi connectivity index (χ1) is 21.3. The summed E-state index contributed by atoms with van der Waals surface area (Å²) < 4.78 is 9.49. The molecule has 43 heavy (non-hydrogen) atoms. The topological polar surface area (TPSA) is 0 Å². The average Bonchev–Trinajstić information content (AvgIpc) is 3.81. The van der Waals surface area contributed by atoms with Gasteiger partial charge in [-0.2, -0.15) is 0 Å². The van der Waals surface area contributed by atoms with Crippen molar-refractivity contribution in [3.8, 4) is 11.1 Å². The second-order valence-corrected chi connectivity index (χ2v) is 34.5. The molecule has 2 aliphatic carbocycles. The Bertz CT molecular complexity index is 2170. The molecule has 6 aromatic carbocycles. The Morgan fingerprint density at radius 2 is 1.21 bits per heavy atom. The maximum absolute atomic E-state index is 2.72. The van der Waals surface area contributed by atoms with Crippen molar-refractivity contribution in [3.63, 3.8) is 0 Å². The predicted molar refractivity (Wildman–Crippen MR) is 197 cm³/mol. The molecule has 1 unspecified atom stereocenters. The molecule has 1 atom stereocenters. The Morgan fingerprint density at radius 3 is 1.95 bits per heavy atom. The molecule has 0 saturated carbocycles. The summed E-state index contributed by atoms with van der Waals surface area (Å²) in [6, 6.07) is 43.3. The van der Waals surface area contributed by atoms with E-state index in [2.05, 4.69) is 121 Å². The van der Waals surface area contributed by atoms with Gasteiger partial charge >= 0.3 is 277 Å². The van der Waals surface area contributed by atoms with Gasteiger partial charge in [-0.3, -0.25) is 0 Å². The Hall–Kier alpha value is -2.23. The number of fused-ring (bicyclic) bond motifs is 14. The number of hydrogen-bond donors (Lipinski definition) is 0. The van der Waals surface area contributed by atoms with E-state index in [0.29, 0.717) is 0 Å². The molecule has 0 radical (unpaired) electrons. The van der Waals surface area contributed by atoms with Crippen LogP contribution in [0.1, 0.15) is 39.8 Å². The fourth-order valence-electron chi connectivity index (χ4n) is 7.77. The molecule has 0 N–H and O–H groups in total. The van der Waals surface area contributed by atoms with Crippen LogP contribution in [0.5, 0.6) is 0 Å². The molecular weight excluding hydrogens is 861 g/mol. The Balaban J connectivity index is 1.43. The van der Waals surface area contributed by atoms with Gasteiger partial charge in [-0.1, -0.05) is 0 Å². The van der Waals surface area contributed by atoms with Crippen LogP contribution < -0.4 is 17.2 Å². The van der Waals surface area contributed by atoms with Crippen molar-refractivity contribution in [2.75, 3.05) is 17.7 Å². The predicted octanol–water partition coefficient (Wildman–Crippen LogP) is 7.61. The van der Waals surface area contributed by atoms with E-state index in [1.165, 1.54) is 81.3 Å². The molecule has 2 fully saturated rings. The molecule has 0 amide bonds. The summed E-state index contributed by atoms with van der Waals surface area (Å²) in [7, 11) is 0. The Kier molecular flexibility index (Phi) is 5.98. The summed E-state index contributed by atoms with van der Waals surface area (Å²) in [5.41, 5.74) is 11.4. The molecule has 2 heterocycles. The third-order valence-corrected chi connectivity index (χ3v) is 32.4. The van der Waals surface area contributed by atoms with E-state index < -0.39 is 35.7 Å². The van der Waals surface area contributed by atoms with Crippen molar-refractivity contribution in [2.45, 2.75) is 11.8 Å². The third-order valence-electron chi connectivity index (χ3n) is 9.74. The van der Waals surface area contributed by atoms with Crippen LogP contribution in [-0.2, 0) is 5.41 Å². The van der Waals surface area contributed by atoms with Crippen LogP contribution in [0.25, 0.3) is 44.8 Å². The van der Waals surface area contributed by atoms with E-state index in [0.717, 1.165) is 0 Å². The van der Waals surface area contributed by atoms with Gasteiger partial charge in [0.2, 0.25) is 0 Å². The molecule has 2 aliphatic heterocycles. The zero-order chi connectivity index (χ0) is 28.1. The average molecular weight is 891 g/mol. The minimum absolute atomic E-state index is 0.181. The van der Waals surface area contributed by atoms with E-state index in [1.807, 2.05) is 0 Å². The molecule has 0 nitrogen and oxygen atoms in total. The van der Waals surface area contributed by atoms with Crippen molar-refractivity contribution >= 4 is 69.4 Å². The van der Waals surface area contributed by atoms with Gasteiger partial charge in [0.15, 0.2) is 0 Å². The second kappa shape index (κ2) is 9.88. The van der Waals surface area contributed by atoms with Gasteiger partial charge in [-0.05, 0) is 0 Å². The zero-order valence-electron chi connectivity index (χ0n) is 23.7. The molecule has 0 bridgehead atoms. The van der Waals surface area contributed by atoms with Gasteiger partial charge in [-0.25, -0.2) is 0 Å². The van der Waals surface area contributed by atoms with Crippen molar-refractivity contribution in [1.82, 2.24) is 0 Å². The summed E-state index contributed by atoms with van der Waals surface area (Å²) in [5.74, 6) is 0. The minimum atomic E-state index is -1.06. The number of alkyl halides is 4. The third kappa shape index (κ3) is 3.76. The van der Waals surface area contributed by atoms with E-state index >= 15 is 0 Å². The first-order valence-corrected chi connectivity index (χ1v) is 29.8. The van der Waals surface area contributed by atoms with E-state index in [9.17, 15) is 0 Å². The summed E-state index contributed by atoms with van der Waals surface area (Å²) in [6.07, 6.45) is 6.30. The quantitative estimate of drug-likeness (QED) is 0.0975. The summed E-state index contributed by atoms with van der Waals surface area (Å²) in [5, 5.41) is 5.55. The summed E-state index contributed by atoms with van der Waals surface area (Å²) in [4.78, 5) is 0. The maximum atomic E-state index is 2.72. The monoisotopic (exact) mass is 891 g/mol.